The van der Waals surface area contributed by atoms with Gasteiger partial charge in [-0.1, -0.05) is 0 Å². The normalized spacial score (nSPS) is 16.1. The molecule has 0 saturated heterocycles. The van der Waals surface area contributed by atoms with Crippen molar-refractivity contribution in [3.8, 4) is 6.07 Å². The number of aliphatic carboxylic acids is 1. The summed E-state index contributed by atoms with van der Waals surface area (Å²) >= 11 is 0. The molecule has 4 nitrogen and oxygen atoms in total. The van der Waals surface area contributed by atoms with Gasteiger partial charge in [-0.05, 0) is 6.92 Å². The highest BCUT2D eigenvalue weighted by molar-refractivity contribution is 5.79. The highest BCUT2D eigenvalue weighted by Crippen LogP contribution is 1.98. The fourth-order valence-electron chi connectivity index (χ4n) is 0.0478. The molecule has 0 fully saturated rings. The van der Waals surface area contributed by atoms with Gasteiger partial charge in [0.1, 0.15) is 6.07 Å². The highest BCUT2D eigenvalue weighted by atomic mass is 16.4. The summed E-state index contributed by atoms with van der Waals surface area (Å²) in [7, 11) is 0. The number of nitriles is 1. The molecule has 0 rings (SSSR count). The number of hydrogen-bond acceptors (Lipinski definition) is 3. The first-order valence-electron chi connectivity index (χ1n) is 1.87. The third-order valence-electron chi connectivity index (χ3n) is 0.634. The van der Waals surface area contributed by atoms with Crippen molar-refractivity contribution >= 4 is 5.97 Å². The molecule has 0 spiro atoms. The number of nitrogens with zero attached hydrogens (tertiary/aromatic N) is 1. The second-order valence-corrected chi connectivity index (χ2v) is 1.49. The first-order valence-corrected chi connectivity index (χ1v) is 1.87. The predicted molar refractivity (Wildman–Crippen MR) is 23.9 cm³/mol. The Morgan fingerprint density at radius 3 is 2.25 bits per heavy atom. The molecule has 44 valence electrons. The molecular formula is C4H5NO3. The first-order chi connectivity index (χ1) is 3.50. The Balaban J connectivity index is 4.19. The maximum atomic E-state index is 9.78. The van der Waals surface area contributed by atoms with Gasteiger partial charge in [0.2, 0.25) is 5.60 Å². The van der Waals surface area contributed by atoms with E-state index in [4.69, 9.17) is 15.5 Å². The summed E-state index contributed by atoms with van der Waals surface area (Å²) in [6, 6.07) is 1.20. The lowest BCUT2D eigenvalue weighted by Gasteiger charge is -2.04. The Morgan fingerprint density at radius 2 is 2.25 bits per heavy atom. The van der Waals surface area contributed by atoms with Crippen molar-refractivity contribution in [3.05, 3.63) is 0 Å². The van der Waals surface area contributed by atoms with Gasteiger partial charge < -0.3 is 10.2 Å². The van der Waals surface area contributed by atoms with E-state index in [-0.39, 0.29) is 0 Å². The van der Waals surface area contributed by atoms with E-state index < -0.39 is 11.6 Å². The van der Waals surface area contributed by atoms with Crippen LogP contribution in [-0.4, -0.2) is 21.8 Å². The van der Waals surface area contributed by atoms with E-state index in [0.717, 1.165) is 6.92 Å². The van der Waals surface area contributed by atoms with Crippen LogP contribution < -0.4 is 0 Å². The zero-order chi connectivity index (χ0) is 6.78. The minimum atomic E-state index is -2.24. The van der Waals surface area contributed by atoms with Gasteiger partial charge in [-0.3, -0.25) is 0 Å². The average molecular weight is 115 g/mol. The standard InChI is InChI=1S/C4H5NO3/c1-4(8,2-5)3(6)7/h8H,1H3,(H,6,7). The molecular weight excluding hydrogens is 110 g/mol. The van der Waals surface area contributed by atoms with Gasteiger partial charge in [-0.25, -0.2) is 4.79 Å². The molecule has 0 aliphatic rings. The van der Waals surface area contributed by atoms with Crippen LogP contribution in [0.15, 0.2) is 0 Å². The van der Waals surface area contributed by atoms with Crippen LogP contribution in [0.5, 0.6) is 0 Å². The van der Waals surface area contributed by atoms with Crippen molar-refractivity contribution in [1.82, 2.24) is 0 Å². The summed E-state index contributed by atoms with van der Waals surface area (Å²) in [4.78, 5) is 9.78. The van der Waals surface area contributed by atoms with Crippen LogP contribution >= 0.6 is 0 Å². The molecule has 0 aliphatic carbocycles. The van der Waals surface area contributed by atoms with Crippen LogP contribution in [0, 0.1) is 11.3 Å². The minimum absolute atomic E-state index is 0.912. The quantitative estimate of drug-likeness (QED) is 0.445. The van der Waals surface area contributed by atoms with E-state index in [1.165, 1.54) is 6.07 Å². The van der Waals surface area contributed by atoms with E-state index in [1.54, 1.807) is 0 Å². The summed E-state index contributed by atoms with van der Waals surface area (Å²) in [6.45, 7) is 0.912. The van der Waals surface area contributed by atoms with Crippen molar-refractivity contribution in [2.24, 2.45) is 0 Å². The van der Waals surface area contributed by atoms with E-state index in [1.807, 2.05) is 0 Å². The third-order valence-corrected chi connectivity index (χ3v) is 0.634. The summed E-state index contributed by atoms with van der Waals surface area (Å²) in [5, 5.41) is 24.3. The average Bonchev–Trinajstić information content (AvgIpc) is 1.67. The summed E-state index contributed by atoms with van der Waals surface area (Å²) in [5.74, 6) is -1.53. The molecule has 1 unspecified atom stereocenters. The molecule has 0 aromatic rings. The predicted octanol–water partition coefficient (Wildman–Crippen LogP) is -0.654. The Morgan fingerprint density at radius 1 is 1.88 bits per heavy atom. The van der Waals surface area contributed by atoms with E-state index in [9.17, 15) is 4.79 Å². The molecule has 0 aliphatic heterocycles. The number of carboxylic acid groups (broad SMARTS) is 1. The molecule has 0 aromatic heterocycles. The van der Waals surface area contributed by atoms with Crippen LogP contribution in [0.25, 0.3) is 0 Å². The van der Waals surface area contributed by atoms with Gasteiger partial charge in [-0.15, -0.1) is 0 Å². The van der Waals surface area contributed by atoms with Crippen molar-refractivity contribution < 1.29 is 15.0 Å². The molecule has 0 aromatic carbocycles. The fraction of sp³-hybridized carbons (Fsp3) is 0.500. The molecule has 1 atom stereocenters. The molecule has 0 amide bonds. The molecule has 2 N–H and O–H groups in total. The van der Waals surface area contributed by atoms with Gasteiger partial charge >= 0.3 is 5.97 Å². The molecule has 0 radical (unpaired) electrons. The van der Waals surface area contributed by atoms with Crippen molar-refractivity contribution in [3.63, 3.8) is 0 Å². The Labute approximate surface area is 46.0 Å². The van der Waals surface area contributed by atoms with Gasteiger partial charge in [0.15, 0.2) is 0 Å². The van der Waals surface area contributed by atoms with Crippen molar-refractivity contribution in [1.29, 1.82) is 5.26 Å². The van der Waals surface area contributed by atoms with Crippen LogP contribution in [0.2, 0.25) is 0 Å². The number of hydrogen-bond donors (Lipinski definition) is 2. The Hall–Kier alpha value is -1.08. The molecule has 0 heterocycles. The van der Waals surface area contributed by atoms with Gasteiger partial charge in [0.05, 0.1) is 0 Å². The lowest BCUT2D eigenvalue weighted by atomic mass is 10.1. The number of carbonyl (C=O) groups is 1. The van der Waals surface area contributed by atoms with Crippen LogP contribution in [0.4, 0.5) is 0 Å². The highest BCUT2D eigenvalue weighted by Gasteiger charge is 2.28. The SMILES string of the molecule is CC(O)(C#N)C(=O)O. The summed E-state index contributed by atoms with van der Waals surface area (Å²) in [5.41, 5.74) is -2.24. The zero-order valence-corrected chi connectivity index (χ0v) is 4.25. The van der Waals surface area contributed by atoms with Crippen LogP contribution in [0.1, 0.15) is 6.92 Å². The second kappa shape index (κ2) is 1.80. The van der Waals surface area contributed by atoms with E-state index in [2.05, 4.69) is 0 Å². The maximum absolute atomic E-state index is 9.78. The van der Waals surface area contributed by atoms with E-state index >= 15 is 0 Å². The summed E-state index contributed by atoms with van der Waals surface area (Å²) in [6.07, 6.45) is 0. The summed E-state index contributed by atoms with van der Waals surface area (Å²) < 4.78 is 0. The lowest BCUT2D eigenvalue weighted by Crippen LogP contribution is -2.32. The number of carboxylic acids is 1. The first kappa shape index (κ1) is 6.92. The van der Waals surface area contributed by atoms with Gasteiger partial charge in [-0.2, -0.15) is 5.26 Å². The van der Waals surface area contributed by atoms with Gasteiger partial charge in [0, 0.05) is 0 Å². The lowest BCUT2D eigenvalue weighted by molar-refractivity contribution is -0.151. The Bertz CT molecular complexity index is 144. The van der Waals surface area contributed by atoms with Crippen LogP contribution in [-0.2, 0) is 4.79 Å². The Kier molecular flexibility index (Phi) is 1.56. The topological polar surface area (TPSA) is 81.3 Å². The number of rotatable bonds is 1. The van der Waals surface area contributed by atoms with Crippen LogP contribution in [0.3, 0.4) is 0 Å². The molecule has 8 heavy (non-hydrogen) atoms. The third kappa shape index (κ3) is 1.21. The zero-order valence-electron chi connectivity index (χ0n) is 4.25. The molecule has 4 heteroatoms. The van der Waals surface area contributed by atoms with Crippen molar-refractivity contribution in [2.45, 2.75) is 12.5 Å². The molecule has 0 bridgehead atoms. The van der Waals surface area contributed by atoms with Gasteiger partial charge in [0.25, 0.3) is 0 Å². The largest absolute Gasteiger partial charge is 0.478 e. The van der Waals surface area contributed by atoms with E-state index in [0.29, 0.717) is 0 Å². The number of aliphatic hydroxyl groups is 1. The fourth-order valence-corrected chi connectivity index (χ4v) is 0.0478. The second-order valence-electron chi connectivity index (χ2n) is 1.49. The maximum Gasteiger partial charge on any atom is 0.350 e. The monoisotopic (exact) mass is 115 g/mol. The molecule has 0 saturated carbocycles. The minimum Gasteiger partial charge on any atom is -0.478 e. The van der Waals surface area contributed by atoms with Crippen molar-refractivity contribution in [2.75, 3.05) is 0 Å². The smallest absolute Gasteiger partial charge is 0.350 e.